The van der Waals surface area contributed by atoms with Crippen molar-refractivity contribution in [1.29, 1.82) is 0 Å². The third kappa shape index (κ3) is 2.99. The molecule has 1 amide bonds. The molecule has 1 fully saturated rings. The third-order valence-electron chi connectivity index (χ3n) is 3.15. The maximum absolute atomic E-state index is 12.1. The molecule has 4 heteroatoms. The molecular weight excluding hydrogens is 236 g/mol. The Hall–Kier alpha value is -1.06. The van der Waals surface area contributed by atoms with Crippen molar-refractivity contribution in [1.82, 2.24) is 10.2 Å². The number of nitrogens with zero attached hydrogens (tertiary/aromatic N) is 1. The van der Waals surface area contributed by atoms with Crippen LogP contribution in [-0.4, -0.2) is 30.9 Å². The fraction of sp³-hybridized carbons (Fsp3) is 0.462. The minimum Gasteiger partial charge on any atom is -0.341 e. The van der Waals surface area contributed by atoms with E-state index in [1.807, 2.05) is 31.3 Å². The van der Waals surface area contributed by atoms with E-state index < -0.39 is 0 Å². The van der Waals surface area contributed by atoms with Crippen molar-refractivity contribution in [3.05, 3.63) is 34.9 Å². The summed E-state index contributed by atoms with van der Waals surface area (Å²) in [7, 11) is 1.84. The summed E-state index contributed by atoms with van der Waals surface area (Å²) in [5.41, 5.74) is 0.996. The van der Waals surface area contributed by atoms with Gasteiger partial charge in [-0.1, -0.05) is 29.8 Å². The Labute approximate surface area is 107 Å². The second-order valence-corrected chi connectivity index (χ2v) is 4.88. The lowest BCUT2D eigenvalue weighted by atomic mass is 10.1. The minimum atomic E-state index is 0.127. The van der Waals surface area contributed by atoms with Crippen LogP contribution in [0.2, 0.25) is 5.02 Å². The maximum Gasteiger partial charge on any atom is 0.227 e. The Kier molecular flexibility index (Phi) is 4.02. The van der Waals surface area contributed by atoms with Gasteiger partial charge in [-0.15, -0.1) is 0 Å². The predicted octanol–water partition coefficient (Wildman–Crippen LogP) is 1.91. The number of carbonyl (C=O) groups is 1. The first-order valence-electron chi connectivity index (χ1n) is 5.87. The van der Waals surface area contributed by atoms with Crippen molar-refractivity contribution in [2.24, 2.45) is 5.92 Å². The summed E-state index contributed by atoms with van der Waals surface area (Å²) in [5, 5.41) is 3.93. The Morgan fingerprint density at radius 3 is 2.94 bits per heavy atom. The van der Waals surface area contributed by atoms with Gasteiger partial charge >= 0.3 is 0 Å². The van der Waals surface area contributed by atoms with Crippen LogP contribution >= 0.6 is 11.6 Å². The zero-order valence-corrected chi connectivity index (χ0v) is 10.7. The van der Waals surface area contributed by atoms with Gasteiger partial charge in [0.2, 0.25) is 5.91 Å². The smallest absolute Gasteiger partial charge is 0.227 e. The highest BCUT2D eigenvalue weighted by atomic mass is 35.5. The van der Waals surface area contributed by atoms with E-state index in [9.17, 15) is 4.79 Å². The Balaban J connectivity index is 1.99. The summed E-state index contributed by atoms with van der Waals surface area (Å²) < 4.78 is 0. The first-order valence-corrected chi connectivity index (χ1v) is 6.25. The highest BCUT2D eigenvalue weighted by Gasteiger charge is 2.25. The van der Waals surface area contributed by atoms with Gasteiger partial charge in [-0.05, 0) is 24.6 Å². The van der Waals surface area contributed by atoms with Crippen LogP contribution in [0.15, 0.2) is 24.3 Å². The molecule has 1 aromatic rings. The van der Waals surface area contributed by atoms with Gasteiger partial charge in [0.1, 0.15) is 0 Å². The quantitative estimate of drug-likeness (QED) is 0.891. The molecule has 92 valence electrons. The molecule has 1 aliphatic rings. The topological polar surface area (TPSA) is 32.3 Å². The van der Waals surface area contributed by atoms with Crippen molar-refractivity contribution >= 4 is 17.5 Å². The summed E-state index contributed by atoms with van der Waals surface area (Å²) in [4.78, 5) is 13.9. The highest BCUT2D eigenvalue weighted by Crippen LogP contribution is 2.18. The summed E-state index contributed by atoms with van der Waals surface area (Å²) in [6.45, 7) is 2.32. The molecule has 0 spiro atoms. The van der Waals surface area contributed by atoms with Crippen LogP contribution in [-0.2, 0) is 11.3 Å². The zero-order valence-electron chi connectivity index (χ0n) is 9.95. The summed E-state index contributed by atoms with van der Waals surface area (Å²) >= 11 is 6.08. The van der Waals surface area contributed by atoms with Gasteiger partial charge in [0, 0.05) is 25.2 Å². The van der Waals surface area contributed by atoms with Crippen LogP contribution < -0.4 is 5.32 Å². The molecule has 2 rings (SSSR count). The number of benzene rings is 1. The number of hydrogen-bond acceptors (Lipinski definition) is 2. The minimum absolute atomic E-state index is 0.127. The summed E-state index contributed by atoms with van der Waals surface area (Å²) in [5.74, 6) is 0.331. The molecule has 1 heterocycles. The van der Waals surface area contributed by atoms with E-state index in [1.54, 1.807) is 4.90 Å². The number of halogens is 1. The molecule has 0 saturated carbocycles. The Morgan fingerprint density at radius 1 is 1.53 bits per heavy atom. The van der Waals surface area contributed by atoms with E-state index in [4.69, 9.17) is 11.6 Å². The molecule has 1 unspecified atom stereocenters. The number of nitrogens with one attached hydrogen (secondary N) is 1. The molecule has 1 saturated heterocycles. The summed E-state index contributed by atoms with van der Waals surface area (Å²) in [6.07, 6.45) is 0.936. The Bertz CT molecular complexity index is 402. The van der Waals surface area contributed by atoms with Gasteiger partial charge in [-0.2, -0.15) is 0 Å². The first-order chi connectivity index (χ1) is 8.18. The molecule has 1 atom stereocenters. The lowest BCUT2D eigenvalue weighted by Crippen LogP contribution is -2.33. The molecule has 0 bridgehead atoms. The van der Waals surface area contributed by atoms with Crippen LogP contribution in [0.4, 0.5) is 0 Å². The standard InChI is InChI=1S/C13H17ClN2O/c1-16(13(17)10-6-7-15-8-10)9-11-4-2-3-5-12(11)14/h2-5,10,15H,6-9H2,1H3. The SMILES string of the molecule is CN(Cc1ccccc1Cl)C(=O)C1CCNC1. The molecule has 3 nitrogen and oxygen atoms in total. The van der Waals surface area contributed by atoms with Crippen LogP contribution in [0.5, 0.6) is 0 Å². The number of amides is 1. The van der Waals surface area contributed by atoms with Crippen LogP contribution in [0.25, 0.3) is 0 Å². The maximum atomic E-state index is 12.1. The number of carbonyl (C=O) groups excluding carboxylic acids is 1. The van der Waals surface area contributed by atoms with E-state index in [-0.39, 0.29) is 11.8 Å². The monoisotopic (exact) mass is 252 g/mol. The van der Waals surface area contributed by atoms with Gasteiger partial charge in [0.15, 0.2) is 0 Å². The van der Waals surface area contributed by atoms with E-state index >= 15 is 0 Å². The average molecular weight is 253 g/mol. The predicted molar refractivity (Wildman–Crippen MR) is 68.9 cm³/mol. The van der Waals surface area contributed by atoms with Crippen LogP contribution in [0.3, 0.4) is 0 Å². The molecule has 0 radical (unpaired) electrons. The zero-order chi connectivity index (χ0) is 12.3. The average Bonchev–Trinajstić information content (AvgIpc) is 2.84. The second kappa shape index (κ2) is 5.52. The van der Waals surface area contributed by atoms with Gasteiger partial charge in [0.25, 0.3) is 0 Å². The van der Waals surface area contributed by atoms with E-state index in [0.29, 0.717) is 6.54 Å². The van der Waals surface area contributed by atoms with E-state index in [1.165, 1.54) is 0 Å². The fourth-order valence-electron chi connectivity index (χ4n) is 2.14. The third-order valence-corrected chi connectivity index (χ3v) is 3.52. The van der Waals surface area contributed by atoms with Crippen molar-refractivity contribution in [2.75, 3.05) is 20.1 Å². The molecule has 1 N–H and O–H groups in total. The highest BCUT2D eigenvalue weighted by molar-refractivity contribution is 6.31. The normalized spacial score (nSPS) is 19.3. The van der Waals surface area contributed by atoms with Crippen LogP contribution in [0.1, 0.15) is 12.0 Å². The van der Waals surface area contributed by atoms with Crippen molar-refractivity contribution in [3.63, 3.8) is 0 Å². The lowest BCUT2D eigenvalue weighted by molar-refractivity contribution is -0.134. The molecule has 0 aromatic heterocycles. The second-order valence-electron chi connectivity index (χ2n) is 4.48. The summed E-state index contributed by atoms with van der Waals surface area (Å²) in [6, 6.07) is 7.65. The van der Waals surface area contributed by atoms with Gasteiger partial charge < -0.3 is 10.2 Å². The van der Waals surface area contributed by atoms with Gasteiger partial charge in [-0.3, -0.25) is 4.79 Å². The lowest BCUT2D eigenvalue weighted by Gasteiger charge is -2.21. The van der Waals surface area contributed by atoms with Crippen molar-refractivity contribution in [2.45, 2.75) is 13.0 Å². The fourth-order valence-corrected chi connectivity index (χ4v) is 2.33. The Morgan fingerprint density at radius 2 is 2.29 bits per heavy atom. The van der Waals surface area contributed by atoms with E-state index in [0.717, 1.165) is 30.1 Å². The van der Waals surface area contributed by atoms with Crippen molar-refractivity contribution in [3.8, 4) is 0 Å². The molecule has 17 heavy (non-hydrogen) atoms. The first kappa shape index (κ1) is 12.4. The molecule has 1 aliphatic heterocycles. The van der Waals surface area contributed by atoms with Crippen molar-refractivity contribution < 1.29 is 4.79 Å². The number of rotatable bonds is 3. The van der Waals surface area contributed by atoms with Gasteiger partial charge in [0.05, 0.1) is 5.92 Å². The number of hydrogen-bond donors (Lipinski definition) is 1. The molecular formula is C13H17ClN2O. The largest absolute Gasteiger partial charge is 0.341 e. The van der Waals surface area contributed by atoms with Gasteiger partial charge in [-0.25, -0.2) is 0 Å². The molecule has 0 aliphatic carbocycles. The van der Waals surface area contributed by atoms with Crippen LogP contribution in [0, 0.1) is 5.92 Å². The van der Waals surface area contributed by atoms with E-state index in [2.05, 4.69) is 5.32 Å². The molecule has 1 aromatic carbocycles.